The number of amides is 1. The van der Waals surface area contributed by atoms with E-state index in [1.165, 1.54) is 17.5 Å². The number of carbonyl (C=O) groups is 1. The Balaban J connectivity index is 1.66. The van der Waals surface area contributed by atoms with Crippen LogP contribution >= 0.6 is 0 Å². The van der Waals surface area contributed by atoms with Gasteiger partial charge in [0, 0.05) is 18.0 Å². The molecule has 2 aromatic rings. The maximum Gasteiger partial charge on any atom is 0.257 e. The van der Waals surface area contributed by atoms with E-state index in [0.29, 0.717) is 19.0 Å². The summed E-state index contributed by atoms with van der Waals surface area (Å²) in [5.74, 6) is 0.872. The summed E-state index contributed by atoms with van der Waals surface area (Å²) in [6, 6.07) is 14.8. The Kier molecular flexibility index (Phi) is 6.42. The number of rotatable bonds is 5. The number of hydrazone groups is 1. The third-order valence-electron chi connectivity index (χ3n) is 6.63. The number of piperidine rings is 1. The average Bonchev–Trinajstić information content (AvgIpc) is 3.22. The Hall–Kier alpha value is -2.66. The van der Waals surface area contributed by atoms with E-state index in [2.05, 4.69) is 49.9 Å². The molecule has 1 fully saturated rings. The number of benzene rings is 2. The molecule has 1 amide bonds. The highest BCUT2D eigenvalue weighted by atomic mass is 16.5. The molecular formula is C26H33N3O2. The highest BCUT2D eigenvalue weighted by molar-refractivity contribution is 6.04. The molecule has 2 unspecified atom stereocenters. The lowest BCUT2D eigenvalue weighted by Crippen LogP contribution is -2.44. The Labute approximate surface area is 185 Å². The molecule has 4 rings (SSSR count). The Bertz CT molecular complexity index is 984. The van der Waals surface area contributed by atoms with Crippen LogP contribution in [0.25, 0.3) is 0 Å². The van der Waals surface area contributed by atoms with Crippen LogP contribution in [0.2, 0.25) is 0 Å². The number of hydrogen-bond donors (Lipinski definition) is 0. The zero-order valence-corrected chi connectivity index (χ0v) is 19.1. The van der Waals surface area contributed by atoms with Crippen molar-refractivity contribution >= 4 is 11.6 Å². The molecule has 2 aliphatic rings. The van der Waals surface area contributed by atoms with Crippen molar-refractivity contribution in [3.05, 3.63) is 64.7 Å². The predicted octanol–water partition coefficient (Wildman–Crippen LogP) is 4.86. The highest BCUT2D eigenvalue weighted by Crippen LogP contribution is 2.35. The van der Waals surface area contributed by atoms with E-state index in [1.54, 1.807) is 12.1 Å². The predicted molar refractivity (Wildman–Crippen MR) is 125 cm³/mol. The van der Waals surface area contributed by atoms with Gasteiger partial charge in [0.25, 0.3) is 5.91 Å². The summed E-state index contributed by atoms with van der Waals surface area (Å²) >= 11 is 0. The van der Waals surface area contributed by atoms with Gasteiger partial charge in [0.05, 0.1) is 25.4 Å². The van der Waals surface area contributed by atoms with Crippen molar-refractivity contribution in [1.82, 2.24) is 9.91 Å². The van der Waals surface area contributed by atoms with Crippen molar-refractivity contribution in [1.29, 1.82) is 0 Å². The fourth-order valence-electron chi connectivity index (χ4n) is 4.70. The molecule has 0 aliphatic carbocycles. The maximum atomic E-state index is 13.5. The summed E-state index contributed by atoms with van der Waals surface area (Å²) in [6.45, 7) is 7.83. The van der Waals surface area contributed by atoms with Crippen LogP contribution in [-0.2, 0) is 4.79 Å². The van der Waals surface area contributed by atoms with Crippen LogP contribution in [0.4, 0.5) is 0 Å². The van der Waals surface area contributed by atoms with E-state index >= 15 is 0 Å². The van der Waals surface area contributed by atoms with Crippen molar-refractivity contribution < 1.29 is 9.53 Å². The van der Waals surface area contributed by atoms with E-state index in [0.717, 1.165) is 42.0 Å². The molecule has 0 saturated carbocycles. The number of methoxy groups -OCH3 is 1. The molecule has 164 valence electrons. The van der Waals surface area contributed by atoms with Gasteiger partial charge >= 0.3 is 0 Å². The first-order valence-electron chi connectivity index (χ1n) is 11.3. The highest BCUT2D eigenvalue weighted by Gasteiger charge is 2.35. The molecule has 2 aromatic carbocycles. The standard InChI is InChI=1S/C26H33N3O2/c1-18-11-12-19(2)23(14-18)24-16-25(21-9-7-10-22(15-21)31-4)29(27-24)26(30)17-28-13-6-5-8-20(28)3/h7,9-12,14-15,20,25H,5-6,8,13,16-17H2,1-4H3. The summed E-state index contributed by atoms with van der Waals surface area (Å²) in [5, 5.41) is 6.63. The van der Waals surface area contributed by atoms with Gasteiger partial charge in [-0.3, -0.25) is 9.69 Å². The molecule has 5 heteroatoms. The first-order chi connectivity index (χ1) is 15.0. The van der Waals surface area contributed by atoms with Gasteiger partial charge < -0.3 is 4.74 Å². The quantitative estimate of drug-likeness (QED) is 0.695. The average molecular weight is 420 g/mol. The minimum Gasteiger partial charge on any atom is -0.497 e. The van der Waals surface area contributed by atoms with Crippen molar-refractivity contribution in [3.63, 3.8) is 0 Å². The van der Waals surface area contributed by atoms with E-state index in [-0.39, 0.29) is 11.9 Å². The van der Waals surface area contributed by atoms with Gasteiger partial charge in [-0.05, 0) is 69.5 Å². The first kappa shape index (κ1) is 21.6. The van der Waals surface area contributed by atoms with Crippen LogP contribution < -0.4 is 4.74 Å². The first-order valence-corrected chi connectivity index (χ1v) is 11.3. The molecule has 0 aromatic heterocycles. The lowest BCUT2D eigenvalue weighted by atomic mass is 9.95. The Morgan fingerprint density at radius 2 is 2.00 bits per heavy atom. The SMILES string of the molecule is COc1cccc(C2CC(c3cc(C)ccc3C)=NN2C(=O)CN2CCCCC2C)c1. The summed E-state index contributed by atoms with van der Waals surface area (Å²) in [4.78, 5) is 15.8. The molecule has 1 saturated heterocycles. The molecule has 0 bridgehead atoms. The van der Waals surface area contributed by atoms with E-state index in [1.807, 2.05) is 18.2 Å². The second kappa shape index (κ2) is 9.23. The Morgan fingerprint density at radius 1 is 1.16 bits per heavy atom. The summed E-state index contributed by atoms with van der Waals surface area (Å²) in [7, 11) is 1.67. The van der Waals surface area contributed by atoms with Crippen molar-refractivity contribution in [2.24, 2.45) is 5.10 Å². The van der Waals surface area contributed by atoms with Crippen LogP contribution in [0.3, 0.4) is 0 Å². The molecule has 0 spiro atoms. The smallest absolute Gasteiger partial charge is 0.257 e. The Morgan fingerprint density at radius 3 is 2.77 bits per heavy atom. The van der Waals surface area contributed by atoms with Gasteiger partial charge in [-0.15, -0.1) is 0 Å². The normalized spacial score (nSPS) is 21.8. The second-order valence-corrected chi connectivity index (χ2v) is 8.92. The zero-order valence-electron chi connectivity index (χ0n) is 19.1. The van der Waals surface area contributed by atoms with E-state index < -0.39 is 0 Å². The van der Waals surface area contributed by atoms with Crippen molar-refractivity contribution in [3.8, 4) is 5.75 Å². The van der Waals surface area contributed by atoms with E-state index in [4.69, 9.17) is 9.84 Å². The molecule has 0 radical (unpaired) electrons. The van der Waals surface area contributed by atoms with Crippen LogP contribution in [0.15, 0.2) is 47.6 Å². The lowest BCUT2D eigenvalue weighted by molar-refractivity contribution is -0.135. The third-order valence-corrected chi connectivity index (χ3v) is 6.63. The molecule has 2 heterocycles. The number of likely N-dealkylation sites (tertiary alicyclic amines) is 1. The van der Waals surface area contributed by atoms with Gasteiger partial charge in [0.2, 0.25) is 0 Å². The summed E-state index contributed by atoms with van der Waals surface area (Å²) in [5.41, 5.74) is 5.56. The minimum absolute atomic E-state index is 0.0712. The maximum absolute atomic E-state index is 13.5. The van der Waals surface area contributed by atoms with Gasteiger partial charge in [0.1, 0.15) is 5.75 Å². The van der Waals surface area contributed by atoms with E-state index in [9.17, 15) is 4.79 Å². The van der Waals surface area contributed by atoms with Crippen LogP contribution in [-0.4, -0.2) is 47.8 Å². The van der Waals surface area contributed by atoms with Crippen LogP contribution in [0.5, 0.6) is 5.75 Å². The summed E-state index contributed by atoms with van der Waals surface area (Å²) in [6.07, 6.45) is 4.27. The van der Waals surface area contributed by atoms with Crippen molar-refractivity contribution in [2.75, 3.05) is 20.2 Å². The number of carbonyl (C=O) groups excluding carboxylic acids is 1. The van der Waals surface area contributed by atoms with Crippen molar-refractivity contribution in [2.45, 2.75) is 58.5 Å². The number of aryl methyl sites for hydroxylation is 2. The lowest BCUT2D eigenvalue weighted by Gasteiger charge is -2.34. The second-order valence-electron chi connectivity index (χ2n) is 8.92. The van der Waals surface area contributed by atoms with Crippen LogP contribution in [0.1, 0.15) is 60.9 Å². The van der Waals surface area contributed by atoms with Gasteiger partial charge in [-0.1, -0.05) is 36.2 Å². The number of hydrogen-bond acceptors (Lipinski definition) is 4. The molecule has 2 aliphatic heterocycles. The summed E-state index contributed by atoms with van der Waals surface area (Å²) < 4.78 is 5.44. The molecular weight excluding hydrogens is 386 g/mol. The largest absolute Gasteiger partial charge is 0.497 e. The number of nitrogens with zero attached hydrogens (tertiary/aromatic N) is 3. The van der Waals surface area contributed by atoms with Gasteiger partial charge in [0.15, 0.2) is 0 Å². The fraction of sp³-hybridized carbons (Fsp3) is 0.462. The fourth-order valence-corrected chi connectivity index (χ4v) is 4.70. The molecule has 0 N–H and O–H groups in total. The molecule has 31 heavy (non-hydrogen) atoms. The molecule has 2 atom stereocenters. The minimum atomic E-state index is -0.113. The monoisotopic (exact) mass is 419 g/mol. The third kappa shape index (κ3) is 4.67. The zero-order chi connectivity index (χ0) is 22.0. The van der Waals surface area contributed by atoms with Gasteiger partial charge in [-0.2, -0.15) is 5.10 Å². The topological polar surface area (TPSA) is 45.1 Å². The van der Waals surface area contributed by atoms with Crippen LogP contribution in [0, 0.1) is 13.8 Å². The molecule has 5 nitrogen and oxygen atoms in total. The van der Waals surface area contributed by atoms with Gasteiger partial charge in [-0.25, -0.2) is 5.01 Å². The number of ether oxygens (including phenoxy) is 1.